The van der Waals surface area contributed by atoms with Gasteiger partial charge in [0.05, 0.1) is 5.56 Å². The minimum Gasteiger partial charge on any atom is -0.448 e. The van der Waals surface area contributed by atoms with E-state index in [-0.39, 0.29) is 11.1 Å². The van der Waals surface area contributed by atoms with E-state index in [9.17, 15) is 18.0 Å². The molecule has 31 heavy (non-hydrogen) atoms. The molecule has 4 heterocycles. The molecule has 5 rings (SSSR count). The number of nitrogens with zero attached hydrogens (tertiary/aromatic N) is 3. The van der Waals surface area contributed by atoms with Gasteiger partial charge in [0.25, 0.3) is 6.01 Å². The fourth-order valence-electron chi connectivity index (χ4n) is 4.29. The molecule has 7 nitrogen and oxygen atoms in total. The van der Waals surface area contributed by atoms with Crippen LogP contribution in [0.5, 0.6) is 0 Å². The molecule has 2 fully saturated rings. The molecule has 2 saturated heterocycles. The van der Waals surface area contributed by atoms with Crippen molar-refractivity contribution >= 4 is 34.4 Å². The highest BCUT2D eigenvalue weighted by atomic mass is 32.1. The van der Waals surface area contributed by atoms with Crippen molar-refractivity contribution in [3.05, 3.63) is 29.3 Å². The van der Waals surface area contributed by atoms with E-state index in [1.165, 1.54) is 23.5 Å². The Morgan fingerprint density at radius 3 is 2.68 bits per heavy atom. The summed E-state index contributed by atoms with van der Waals surface area (Å²) in [5.74, 6) is -1.02. The quantitative estimate of drug-likeness (QED) is 0.598. The predicted octanol–water partition coefficient (Wildman–Crippen LogP) is 4.06. The SMILES string of the molecule is CC(=O)OC(c1cc(-c2nccs2)c2oc(N3CC4CCC(C3)N4)nc2c1)C(F)(F)F. The van der Waals surface area contributed by atoms with Gasteiger partial charge in [-0.25, -0.2) is 4.98 Å². The summed E-state index contributed by atoms with van der Waals surface area (Å²) in [7, 11) is 0. The maximum Gasteiger partial charge on any atom is 0.429 e. The van der Waals surface area contributed by atoms with Gasteiger partial charge >= 0.3 is 12.1 Å². The molecular formula is C20H19F3N4O3S. The number of esters is 1. The number of oxazole rings is 1. The highest BCUT2D eigenvalue weighted by Gasteiger charge is 2.44. The number of aromatic nitrogens is 2. The molecule has 1 aromatic carbocycles. The molecule has 3 unspecified atom stereocenters. The van der Waals surface area contributed by atoms with Crippen LogP contribution in [0.15, 0.2) is 28.1 Å². The van der Waals surface area contributed by atoms with E-state index in [0.717, 1.165) is 32.9 Å². The largest absolute Gasteiger partial charge is 0.448 e. The molecular weight excluding hydrogens is 433 g/mol. The number of ether oxygens (including phenoxy) is 1. The van der Waals surface area contributed by atoms with Gasteiger partial charge in [0.15, 0.2) is 5.58 Å². The van der Waals surface area contributed by atoms with E-state index in [0.29, 0.717) is 34.3 Å². The Morgan fingerprint density at radius 1 is 1.32 bits per heavy atom. The number of nitrogens with one attached hydrogen (secondary N) is 1. The molecule has 2 aromatic heterocycles. The fourth-order valence-corrected chi connectivity index (χ4v) is 4.94. The Labute approximate surface area is 179 Å². The number of benzene rings is 1. The number of piperazine rings is 1. The summed E-state index contributed by atoms with van der Waals surface area (Å²) < 4.78 is 51.7. The van der Waals surface area contributed by atoms with Crippen LogP contribution in [-0.2, 0) is 9.53 Å². The summed E-state index contributed by atoms with van der Waals surface area (Å²) in [6, 6.07) is 3.66. The third-order valence-electron chi connectivity index (χ3n) is 5.53. The molecule has 0 spiro atoms. The van der Waals surface area contributed by atoms with Crippen molar-refractivity contribution in [2.45, 2.75) is 44.1 Å². The number of fused-ring (bicyclic) bond motifs is 3. The lowest BCUT2D eigenvalue weighted by molar-refractivity contribution is -0.222. The van der Waals surface area contributed by atoms with Gasteiger partial charge in [-0.05, 0) is 25.0 Å². The average Bonchev–Trinajstić information content (AvgIpc) is 3.44. The minimum atomic E-state index is -4.77. The van der Waals surface area contributed by atoms with Crippen LogP contribution in [0.2, 0.25) is 0 Å². The first-order valence-corrected chi connectivity index (χ1v) is 10.7. The molecule has 1 N–H and O–H groups in total. The van der Waals surface area contributed by atoms with E-state index < -0.39 is 18.2 Å². The van der Waals surface area contributed by atoms with Crippen molar-refractivity contribution in [2.24, 2.45) is 0 Å². The Balaban J connectivity index is 1.62. The molecule has 0 aliphatic carbocycles. The Bertz CT molecular complexity index is 1100. The monoisotopic (exact) mass is 452 g/mol. The number of anilines is 1. The highest BCUT2D eigenvalue weighted by molar-refractivity contribution is 7.13. The van der Waals surface area contributed by atoms with Gasteiger partial charge < -0.3 is 19.4 Å². The van der Waals surface area contributed by atoms with Crippen LogP contribution in [0, 0.1) is 0 Å². The first kappa shape index (κ1) is 20.3. The molecule has 0 saturated carbocycles. The van der Waals surface area contributed by atoms with E-state index in [4.69, 9.17) is 4.42 Å². The number of carbonyl (C=O) groups is 1. The second-order valence-corrected chi connectivity index (χ2v) is 8.72. The first-order chi connectivity index (χ1) is 14.8. The summed E-state index contributed by atoms with van der Waals surface area (Å²) in [6.07, 6.45) is -3.46. The Hall–Kier alpha value is -2.66. The highest BCUT2D eigenvalue weighted by Crippen LogP contribution is 2.41. The van der Waals surface area contributed by atoms with Gasteiger partial charge in [0.2, 0.25) is 6.10 Å². The van der Waals surface area contributed by atoms with E-state index in [2.05, 4.69) is 20.0 Å². The summed E-state index contributed by atoms with van der Waals surface area (Å²) in [5, 5.41) is 5.75. The molecule has 3 atom stereocenters. The van der Waals surface area contributed by atoms with Crippen LogP contribution in [0.25, 0.3) is 21.7 Å². The van der Waals surface area contributed by atoms with Gasteiger partial charge in [0.1, 0.15) is 10.5 Å². The summed E-state index contributed by atoms with van der Waals surface area (Å²) >= 11 is 1.28. The molecule has 11 heteroatoms. The van der Waals surface area contributed by atoms with Gasteiger partial charge in [-0.1, -0.05) is 0 Å². The summed E-state index contributed by atoms with van der Waals surface area (Å²) in [6.45, 7) is 2.40. The molecule has 2 aliphatic rings. The number of hydrogen-bond acceptors (Lipinski definition) is 8. The minimum absolute atomic E-state index is 0.222. The average molecular weight is 452 g/mol. The molecule has 3 aromatic rings. The summed E-state index contributed by atoms with van der Waals surface area (Å²) in [5.41, 5.74) is 0.801. The lowest BCUT2D eigenvalue weighted by Crippen LogP contribution is -2.51. The molecule has 2 aliphatic heterocycles. The van der Waals surface area contributed by atoms with E-state index >= 15 is 0 Å². The lowest BCUT2D eigenvalue weighted by atomic mass is 10.0. The molecule has 2 bridgehead atoms. The number of hydrogen-bond donors (Lipinski definition) is 1. The standard InChI is InChI=1S/C20H19F3N4O3S/c1-10(28)29-17(20(21,22)23)11-6-14(18-24-4-5-31-18)16-15(7-11)26-19(30-16)27-8-12-2-3-13(9-27)25-12/h4-7,12-13,17,25H,2-3,8-9H2,1H3. The predicted molar refractivity (Wildman–Crippen MR) is 108 cm³/mol. The number of carbonyl (C=O) groups excluding carboxylic acids is 1. The third-order valence-corrected chi connectivity index (χ3v) is 6.34. The zero-order valence-corrected chi connectivity index (χ0v) is 17.3. The third kappa shape index (κ3) is 3.87. The number of alkyl halides is 3. The van der Waals surface area contributed by atoms with Crippen LogP contribution in [0.1, 0.15) is 31.4 Å². The van der Waals surface area contributed by atoms with Crippen molar-refractivity contribution in [3.8, 4) is 10.6 Å². The topological polar surface area (TPSA) is 80.5 Å². The maximum atomic E-state index is 13.7. The molecule has 0 amide bonds. The van der Waals surface area contributed by atoms with Crippen LogP contribution in [0.4, 0.5) is 19.2 Å². The second kappa shape index (κ2) is 7.49. The second-order valence-electron chi connectivity index (χ2n) is 7.82. The fraction of sp³-hybridized carbons (Fsp3) is 0.450. The van der Waals surface area contributed by atoms with Crippen LogP contribution >= 0.6 is 11.3 Å². The van der Waals surface area contributed by atoms with Crippen molar-refractivity contribution in [1.82, 2.24) is 15.3 Å². The molecule has 164 valence electrons. The van der Waals surface area contributed by atoms with Gasteiger partial charge in [-0.15, -0.1) is 11.3 Å². The summed E-state index contributed by atoms with van der Waals surface area (Å²) in [4.78, 5) is 22.1. The zero-order valence-electron chi connectivity index (χ0n) is 16.5. The van der Waals surface area contributed by atoms with Crippen LogP contribution in [0.3, 0.4) is 0 Å². The van der Waals surface area contributed by atoms with Crippen molar-refractivity contribution in [1.29, 1.82) is 0 Å². The van der Waals surface area contributed by atoms with Crippen LogP contribution in [-0.4, -0.2) is 47.3 Å². The smallest absolute Gasteiger partial charge is 0.429 e. The molecule has 0 radical (unpaired) electrons. The Kier molecular flexibility index (Phi) is 4.89. The van der Waals surface area contributed by atoms with Gasteiger partial charge in [0, 0.05) is 49.2 Å². The normalized spacial score (nSPS) is 22.1. The Morgan fingerprint density at radius 2 is 2.06 bits per heavy atom. The van der Waals surface area contributed by atoms with Crippen molar-refractivity contribution in [3.63, 3.8) is 0 Å². The lowest BCUT2D eigenvalue weighted by Gasteiger charge is -2.31. The van der Waals surface area contributed by atoms with Crippen molar-refractivity contribution in [2.75, 3.05) is 18.0 Å². The maximum absolute atomic E-state index is 13.7. The zero-order chi connectivity index (χ0) is 21.8. The van der Waals surface area contributed by atoms with E-state index in [1.54, 1.807) is 11.6 Å². The number of thiazole rings is 1. The van der Waals surface area contributed by atoms with E-state index in [1.807, 2.05) is 4.90 Å². The van der Waals surface area contributed by atoms with Crippen molar-refractivity contribution < 1.29 is 27.1 Å². The first-order valence-electron chi connectivity index (χ1n) is 9.87. The van der Waals surface area contributed by atoms with Crippen LogP contribution < -0.4 is 10.2 Å². The number of rotatable bonds is 4. The van der Waals surface area contributed by atoms with Gasteiger partial charge in [-0.3, -0.25) is 4.79 Å². The number of halogens is 3. The van der Waals surface area contributed by atoms with Gasteiger partial charge in [-0.2, -0.15) is 18.2 Å².